The highest BCUT2D eigenvalue weighted by molar-refractivity contribution is 6.10. The molecule has 1 aromatic rings. The summed E-state index contributed by atoms with van der Waals surface area (Å²) in [7, 11) is 1.42. The van der Waals surface area contributed by atoms with Gasteiger partial charge in [0, 0.05) is 22.0 Å². The molecule has 0 heterocycles. The number of hydrogen-bond acceptors (Lipinski definition) is 6. The maximum Gasteiger partial charge on any atom is 0.338 e. The van der Waals surface area contributed by atoms with Crippen molar-refractivity contribution in [2.75, 3.05) is 13.7 Å². The second kappa shape index (κ2) is 8.49. The van der Waals surface area contributed by atoms with Crippen molar-refractivity contribution in [3.8, 4) is 11.5 Å². The molecule has 0 amide bonds. The largest absolute Gasteiger partial charge is 0.504 e. The Morgan fingerprint density at radius 1 is 1.15 bits per heavy atom. The Bertz CT molecular complexity index is 1180. The second-order valence-electron chi connectivity index (χ2n) is 10.2. The third-order valence-corrected chi connectivity index (χ3v) is 7.50. The lowest BCUT2D eigenvalue weighted by atomic mass is 9.54. The van der Waals surface area contributed by atoms with Crippen LogP contribution in [0, 0.1) is 16.7 Å². The molecular formula is C28H32O6. The van der Waals surface area contributed by atoms with Crippen LogP contribution in [0.5, 0.6) is 11.5 Å². The van der Waals surface area contributed by atoms with Crippen LogP contribution in [-0.4, -0.2) is 35.7 Å². The van der Waals surface area contributed by atoms with Gasteiger partial charge in [-0.1, -0.05) is 51.8 Å². The maximum atomic E-state index is 12.9. The summed E-state index contributed by atoms with van der Waals surface area (Å²) in [6.07, 6.45) is 8.44. The molecule has 1 saturated carbocycles. The van der Waals surface area contributed by atoms with Crippen molar-refractivity contribution < 1.29 is 29.3 Å². The normalized spacial score (nSPS) is 26.3. The number of Topliss-reactive ketones (excluding diaryl/α,β-unsaturated/α-hetero) is 1. The molecule has 0 saturated heterocycles. The fourth-order valence-electron chi connectivity index (χ4n) is 5.68. The van der Waals surface area contributed by atoms with Gasteiger partial charge in [0.1, 0.15) is 6.61 Å². The van der Waals surface area contributed by atoms with E-state index in [-0.39, 0.29) is 35.6 Å². The zero-order valence-electron chi connectivity index (χ0n) is 20.4. The minimum atomic E-state index is -0.524. The molecular weight excluding hydrogens is 432 g/mol. The van der Waals surface area contributed by atoms with E-state index in [1.165, 1.54) is 25.3 Å². The third kappa shape index (κ3) is 3.75. The molecule has 1 aromatic carbocycles. The minimum absolute atomic E-state index is 0.0184. The van der Waals surface area contributed by atoms with E-state index in [1.807, 2.05) is 26.0 Å². The van der Waals surface area contributed by atoms with Gasteiger partial charge in [0.2, 0.25) is 5.78 Å². The molecule has 0 aromatic heterocycles. The van der Waals surface area contributed by atoms with Crippen LogP contribution in [0.1, 0.15) is 57.3 Å². The Morgan fingerprint density at radius 3 is 2.56 bits per heavy atom. The van der Waals surface area contributed by atoms with Crippen molar-refractivity contribution in [2.45, 2.75) is 47.0 Å². The van der Waals surface area contributed by atoms with E-state index < -0.39 is 16.8 Å². The Hall–Kier alpha value is -3.28. The zero-order valence-corrected chi connectivity index (χ0v) is 20.4. The van der Waals surface area contributed by atoms with Gasteiger partial charge >= 0.3 is 5.97 Å². The van der Waals surface area contributed by atoms with Crippen LogP contribution >= 0.6 is 0 Å². The van der Waals surface area contributed by atoms with Crippen LogP contribution in [0.4, 0.5) is 0 Å². The summed E-state index contributed by atoms with van der Waals surface area (Å²) in [6, 6.07) is 4.35. The van der Waals surface area contributed by atoms with Crippen molar-refractivity contribution in [1.82, 2.24) is 0 Å². The highest BCUT2D eigenvalue weighted by Gasteiger charge is 2.51. The van der Waals surface area contributed by atoms with E-state index in [2.05, 4.69) is 19.9 Å². The van der Waals surface area contributed by atoms with Crippen molar-refractivity contribution in [1.29, 1.82) is 0 Å². The molecule has 3 aliphatic carbocycles. The number of phenols is 1. The third-order valence-electron chi connectivity index (χ3n) is 7.50. The first-order valence-corrected chi connectivity index (χ1v) is 11.7. The highest BCUT2D eigenvalue weighted by Crippen LogP contribution is 2.59. The smallest absolute Gasteiger partial charge is 0.338 e. The molecule has 0 unspecified atom stereocenters. The van der Waals surface area contributed by atoms with Gasteiger partial charge in [-0.05, 0) is 48.6 Å². The number of esters is 1. The molecule has 4 rings (SSSR count). The quantitative estimate of drug-likeness (QED) is 0.551. The van der Waals surface area contributed by atoms with Gasteiger partial charge in [-0.2, -0.15) is 0 Å². The van der Waals surface area contributed by atoms with Gasteiger partial charge in [-0.25, -0.2) is 4.79 Å². The van der Waals surface area contributed by atoms with E-state index in [0.717, 1.165) is 30.4 Å². The average Bonchev–Trinajstić information content (AvgIpc) is 2.79. The van der Waals surface area contributed by atoms with Crippen LogP contribution in [0.2, 0.25) is 0 Å². The van der Waals surface area contributed by atoms with Crippen molar-refractivity contribution in [2.24, 2.45) is 16.7 Å². The van der Waals surface area contributed by atoms with Crippen molar-refractivity contribution in [3.05, 3.63) is 70.0 Å². The minimum Gasteiger partial charge on any atom is -0.504 e. The molecule has 6 nitrogen and oxygen atoms in total. The fourth-order valence-corrected chi connectivity index (χ4v) is 5.68. The Kier molecular flexibility index (Phi) is 5.96. The molecule has 2 atom stereocenters. The van der Waals surface area contributed by atoms with E-state index in [9.17, 15) is 19.8 Å². The molecule has 0 radical (unpaired) electrons. The molecule has 1 fully saturated rings. The molecule has 3 aliphatic rings. The molecule has 0 bridgehead atoms. The fraction of sp³-hybridized carbons (Fsp3) is 0.429. The molecule has 6 heteroatoms. The van der Waals surface area contributed by atoms with Gasteiger partial charge in [0.15, 0.2) is 17.3 Å². The summed E-state index contributed by atoms with van der Waals surface area (Å²) >= 11 is 0. The highest BCUT2D eigenvalue weighted by atomic mass is 16.5. The maximum absolute atomic E-state index is 12.9. The zero-order chi connectivity index (χ0) is 24.8. The number of aromatic hydroxyl groups is 1. The monoisotopic (exact) mass is 464 g/mol. The van der Waals surface area contributed by atoms with E-state index in [1.54, 1.807) is 0 Å². The predicted octanol–water partition coefficient (Wildman–Crippen LogP) is 5.60. The number of fused-ring (bicyclic) bond motifs is 3. The number of allylic oxidation sites excluding steroid dienone is 6. The number of phenolic OH excluding ortho intramolecular Hbond substituents is 1. The number of carbonyl (C=O) groups is 2. The first-order valence-electron chi connectivity index (χ1n) is 11.7. The molecule has 0 aliphatic heterocycles. The Labute approximate surface area is 200 Å². The van der Waals surface area contributed by atoms with Crippen LogP contribution in [0.3, 0.4) is 0 Å². The first-order chi connectivity index (χ1) is 16.0. The van der Waals surface area contributed by atoms with Crippen LogP contribution in [0.15, 0.2) is 64.5 Å². The van der Waals surface area contributed by atoms with Crippen LogP contribution in [0.25, 0.3) is 0 Å². The summed E-state index contributed by atoms with van der Waals surface area (Å²) in [5.41, 5.74) is 2.55. The lowest BCUT2D eigenvalue weighted by Gasteiger charge is -2.50. The molecule has 180 valence electrons. The lowest BCUT2D eigenvalue weighted by Crippen LogP contribution is -2.43. The molecule has 34 heavy (non-hydrogen) atoms. The number of aliphatic hydroxyl groups excluding tert-OH is 1. The topological polar surface area (TPSA) is 93.1 Å². The van der Waals surface area contributed by atoms with Gasteiger partial charge in [-0.15, -0.1) is 0 Å². The van der Waals surface area contributed by atoms with Gasteiger partial charge < -0.3 is 19.7 Å². The summed E-state index contributed by atoms with van der Waals surface area (Å²) in [5.74, 6) is -0.790. The summed E-state index contributed by atoms with van der Waals surface area (Å²) < 4.78 is 10.8. The molecule has 0 spiro atoms. The van der Waals surface area contributed by atoms with E-state index in [0.29, 0.717) is 16.7 Å². The first kappa shape index (κ1) is 23.9. The number of carbonyl (C=O) groups excluding carboxylic acids is 2. The van der Waals surface area contributed by atoms with Crippen LogP contribution in [-0.2, 0) is 9.53 Å². The van der Waals surface area contributed by atoms with Crippen LogP contribution < -0.4 is 4.74 Å². The van der Waals surface area contributed by atoms with Gasteiger partial charge in [0.25, 0.3) is 0 Å². The Morgan fingerprint density at radius 2 is 1.88 bits per heavy atom. The van der Waals surface area contributed by atoms with Gasteiger partial charge in [-0.3, -0.25) is 4.79 Å². The van der Waals surface area contributed by atoms with E-state index in [4.69, 9.17) is 9.47 Å². The summed E-state index contributed by atoms with van der Waals surface area (Å²) in [4.78, 5) is 25.7. The molecule has 2 N–H and O–H groups in total. The average molecular weight is 465 g/mol. The van der Waals surface area contributed by atoms with Crippen molar-refractivity contribution >= 4 is 11.8 Å². The number of methoxy groups -OCH3 is 1. The second-order valence-corrected chi connectivity index (χ2v) is 10.2. The summed E-state index contributed by atoms with van der Waals surface area (Å²) in [6.45, 7) is 8.20. The number of aliphatic hydroxyl groups is 1. The van der Waals surface area contributed by atoms with Gasteiger partial charge in [0.05, 0.1) is 12.7 Å². The number of ether oxygens (including phenoxy) is 2. The lowest BCUT2D eigenvalue weighted by molar-refractivity contribution is -0.115. The Balaban J connectivity index is 1.65. The predicted molar refractivity (Wildman–Crippen MR) is 129 cm³/mol. The SMILES string of the molecule is COc1cc(C(=O)OC[C@@]2(C)CCC[C@@]3(C)C2=CC=C2C=C(C(C)C)C(=O)C(O)=C23)ccc1O. The number of ketones is 1. The number of rotatable bonds is 5. The summed E-state index contributed by atoms with van der Waals surface area (Å²) in [5, 5.41) is 20.8. The number of benzene rings is 1. The van der Waals surface area contributed by atoms with Crippen molar-refractivity contribution in [3.63, 3.8) is 0 Å². The standard InChI is InChI=1S/C28H32O6/c1-16(2)19-13-17-8-10-22-27(3,11-6-12-28(22,4)23(17)25(31)24(19)30)15-34-26(32)18-7-9-20(29)21(14-18)33-5/h7-10,13-14,16,29,31H,6,11-12,15H2,1-5H3/t27-,28+/m1/s1. The van der Waals surface area contributed by atoms with E-state index >= 15 is 0 Å². The number of hydrogen-bond donors (Lipinski definition) is 2.